The number of hydrogen-bond acceptors (Lipinski definition) is 2. The zero-order valence-electron chi connectivity index (χ0n) is 12.6. The molecule has 1 atom stereocenters. The number of ether oxygens (including phenoxy) is 1. The van der Waals surface area contributed by atoms with Crippen LogP contribution in [0.2, 0.25) is 0 Å². The van der Waals surface area contributed by atoms with Crippen molar-refractivity contribution in [1.82, 2.24) is 5.32 Å². The molecule has 2 nitrogen and oxygen atoms in total. The minimum absolute atomic E-state index is 0.230. The molecule has 0 aliphatic carbocycles. The van der Waals surface area contributed by atoms with Crippen molar-refractivity contribution in [3.63, 3.8) is 0 Å². The smallest absolute Gasteiger partial charge is 0.129 e. The van der Waals surface area contributed by atoms with E-state index in [2.05, 4.69) is 25.2 Å². The van der Waals surface area contributed by atoms with Crippen molar-refractivity contribution in [2.24, 2.45) is 0 Å². The highest BCUT2D eigenvalue weighted by Crippen LogP contribution is 2.16. The van der Waals surface area contributed by atoms with Crippen LogP contribution in [-0.2, 0) is 13.2 Å². The highest BCUT2D eigenvalue weighted by Gasteiger charge is 2.03. The van der Waals surface area contributed by atoms with Gasteiger partial charge in [-0.05, 0) is 37.1 Å². The molecule has 0 fully saturated rings. The van der Waals surface area contributed by atoms with Crippen molar-refractivity contribution < 1.29 is 9.13 Å². The number of benzene rings is 2. The quantitative estimate of drug-likeness (QED) is 0.820. The van der Waals surface area contributed by atoms with Crippen molar-refractivity contribution in [2.75, 3.05) is 0 Å². The summed E-state index contributed by atoms with van der Waals surface area (Å²) in [5, 5.41) is 3.44. The monoisotopic (exact) mass is 287 g/mol. The summed E-state index contributed by atoms with van der Waals surface area (Å²) in [4.78, 5) is 0. The first-order chi connectivity index (χ1) is 10.2. The van der Waals surface area contributed by atoms with Crippen molar-refractivity contribution in [3.8, 4) is 5.75 Å². The second kappa shape index (κ2) is 7.79. The van der Waals surface area contributed by atoms with E-state index in [0.29, 0.717) is 11.6 Å². The van der Waals surface area contributed by atoms with Gasteiger partial charge in [-0.15, -0.1) is 0 Å². The van der Waals surface area contributed by atoms with Crippen LogP contribution in [-0.4, -0.2) is 6.04 Å². The molecule has 0 amide bonds. The van der Waals surface area contributed by atoms with E-state index in [4.69, 9.17) is 4.74 Å². The summed E-state index contributed by atoms with van der Waals surface area (Å²) in [5.41, 5.74) is 1.74. The maximum atomic E-state index is 13.5. The van der Waals surface area contributed by atoms with E-state index >= 15 is 0 Å². The lowest BCUT2D eigenvalue weighted by Crippen LogP contribution is -2.24. The predicted octanol–water partition coefficient (Wildman–Crippen LogP) is 4.29. The minimum Gasteiger partial charge on any atom is -0.489 e. The number of nitrogens with one attached hydrogen (secondary N) is 1. The van der Waals surface area contributed by atoms with E-state index < -0.39 is 0 Å². The van der Waals surface area contributed by atoms with Gasteiger partial charge < -0.3 is 10.1 Å². The summed E-state index contributed by atoms with van der Waals surface area (Å²) in [6.07, 6.45) is 1.10. The fraction of sp³-hybridized carbons (Fsp3) is 0.333. The zero-order chi connectivity index (χ0) is 15.1. The molecule has 0 aromatic heterocycles. The van der Waals surface area contributed by atoms with Gasteiger partial charge in [-0.3, -0.25) is 0 Å². The van der Waals surface area contributed by atoms with Gasteiger partial charge in [0.05, 0.1) is 0 Å². The lowest BCUT2D eigenvalue weighted by molar-refractivity contribution is 0.299. The normalized spacial score (nSPS) is 12.1. The van der Waals surface area contributed by atoms with Crippen LogP contribution < -0.4 is 10.1 Å². The summed E-state index contributed by atoms with van der Waals surface area (Å²) in [7, 11) is 0. The molecule has 2 aromatic carbocycles. The summed E-state index contributed by atoms with van der Waals surface area (Å²) in [5.74, 6) is 0.536. The average Bonchev–Trinajstić information content (AvgIpc) is 2.52. The fourth-order valence-corrected chi connectivity index (χ4v) is 1.96. The summed E-state index contributed by atoms with van der Waals surface area (Å²) in [6, 6.07) is 15.1. The molecular formula is C18H22FNO. The average molecular weight is 287 g/mol. The summed E-state index contributed by atoms with van der Waals surface area (Å²) >= 11 is 0. The molecular weight excluding hydrogens is 265 g/mol. The lowest BCUT2D eigenvalue weighted by Gasteiger charge is -2.12. The Kier molecular flexibility index (Phi) is 5.76. The van der Waals surface area contributed by atoms with Gasteiger partial charge in [0, 0.05) is 18.2 Å². The largest absolute Gasteiger partial charge is 0.489 e. The molecule has 0 aliphatic rings. The zero-order valence-corrected chi connectivity index (χ0v) is 12.6. The van der Waals surface area contributed by atoms with Gasteiger partial charge in [0.1, 0.15) is 18.2 Å². The highest BCUT2D eigenvalue weighted by atomic mass is 19.1. The van der Waals surface area contributed by atoms with Crippen LogP contribution >= 0.6 is 0 Å². The molecule has 0 unspecified atom stereocenters. The summed E-state index contributed by atoms with van der Waals surface area (Å²) in [6.45, 7) is 5.38. The van der Waals surface area contributed by atoms with Crippen LogP contribution in [0.1, 0.15) is 31.4 Å². The Morgan fingerprint density at radius 1 is 1.14 bits per heavy atom. The molecule has 0 radical (unpaired) electrons. The van der Waals surface area contributed by atoms with Gasteiger partial charge in [0.25, 0.3) is 0 Å². The molecule has 0 heterocycles. The Balaban J connectivity index is 1.93. The molecule has 112 valence electrons. The maximum absolute atomic E-state index is 13.5. The third-order valence-corrected chi connectivity index (χ3v) is 3.52. The van der Waals surface area contributed by atoms with Gasteiger partial charge in [0.2, 0.25) is 0 Å². The highest BCUT2D eigenvalue weighted by molar-refractivity contribution is 5.29. The predicted molar refractivity (Wildman–Crippen MR) is 83.8 cm³/mol. The third kappa shape index (κ3) is 4.87. The topological polar surface area (TPSA) is 21.3 Å². The van der Waals surface area contributed by atoms with Crippen molar-refractivity contribution >= 4 is 0 Å². The first kappa shape index (κ1) is 15.5. The number of rotatable bonds is 7. The third-order valence-electron chi connectivity index (χ3n) is 3.52. The van der Waals surface area contributed by atoms with Crippen LogP contribution in [0.15, 0.2) is 48.5 Å². The van der Waals surface area contributed by atoms with Crippen molar-refractivity contribution in [1.29, 1.82) is 0 Å². The van der Waals surface area contributed by atoms with Crippen LogP contribution in [0.5, 0.6) is 5.75 Å². The number of halogens is 1. The SMILES string of the molecule is CC[C@H](C)NCc1cccc(OCc2ccccc2F)c1. The van der Waals surface area contributed by atoms with Crippen LogP contribution in [0.3, 0.4) is 0 Å². The molecule has 1 N–H and O–H groups in total. The van der Waals surface area contributed by atoms with Gasteiger partial charge in [-0.2, -0.15) is 0 Å². The molecule has 3 heteroatoms. The van der Waals surface area contributed by atoms with Crippen LogP contribution in [0.25, 0.3) is 0 Å². The van der Waals surface area contributed by atoms with Crippen LogP contribution in [0.4, 0.5) is 4.39 Å². The molecule has 0 bridgehead atoms. The molecule has 2 aromatic rings. The Hall–Kier alpha value is -1.87. The Morgan fingerprint density at radius 3 is 2.71 bits per heavy atom. The molecule has 21 heavy (non-hydrogen) atoms. The van der Waals surface area contributed by atoms with E-state index in [1.54, 1.807) is 12.1 Å². The molecule has 0 aliphatic heterocycles. The van der Waals surface area contributed by atoms with E-state index in [1.807, 2.05) is 24.3 Å². The molecule has 0 saturated heterocycles. The number of hydrogen-bond donors (Lipinski definition) is 1. The van der Waals surface area contributed by atoms with E-state index in [1.165, 1.54) is 11.6 Å². The minimum atomic E-state index is -0.230. The maximum Gasteiger partial charge on any atom is 0.129 e. The fourth-order valence-electron chi connectivity index (χ4n) is 1.96. The standard InChI is InChI=1S/C18H22FNO/c1-3-14(2)20-12-15-7-6-9-17(11-15)21-13-16-8-4-5-10-18(16)19/h4-11,14,20H,3,12-13H2,1-2H3/t14-/m0/s1. The van der Waals surface area contributed by atoms with E-state index in [9.17, 15) is 4.39 Å². The Bertz CT molecular complexity index is 571. The van der Waals surface area contributed by atoms with Gasteiger partial charge >= 0.3 is 0 Å². The second-order valence-electron chi connectivity index (χ2n) is 5.22. The van der Waals surface area contributed by atoms with Gasteiger partial charge in [-0.25, -0.2) is 4.39 Å². The Morgan fingerprint density at radius 2 is 1.95 bits per heavy atom. The molecule has 0 saturated carbocycles. The molecule has 2 rings (SSSR count). The van der Waals surface area contributed by atoms with Crippen LogP contribution in [0, 0.1) is 5.82 Å². The molecule has 0 spiro atoms. The first-order valence-electron chi connectivity index (χ1n) is 7.37. The van der Waals surface area contributed by atoms with Gasteiger partial charge in [-0.1, -0.05) is 37.3 Å². The Labute approximate surface area is 126 Å². The van der Waals surface area contributed by atoms with Crippen molar-refractivity contribution in [3.05, 3.63) is 65.5 Å². The van der Waals surface area contributed by atoms with Crippen molar-refractivity contribution in [2.45, 2.75) is 39.5 Å². The van der Waals surface area contributed by atoms with Gasteiger partial charge in [0.15, 0.2) is 0 Å². The van der Waals surface area contributed by atoms with E-state index in [0.717, 1.165) is 18.7 Å². The second-order valence-corrected chi connectivity index (χ2v) is 5.22. The lowest BCUT2D eigenvalue weighted by atomic mass is 10.2. The first-order valence-corrected chi connectivity index (χ1v) is 7.37. The summed E-state index contributed by atoms with van der Waals surface area (Å²) < 4.78 is 19.2. The van der Waals surface area contributed by atoms with E-state index in [-0.39, 0.29) is 12.4 Å².